The van der Waals surface area contributed by atoms with Crippen molar-refractivity contribution in [3.05, 3.63) is 28.8 Å². The first-order valence-corrected chi connectivity index (χ1v) is 5.63. The van der Waals surface area contributed by atoms with Gasteiger partial charge in [-0.05, 0) is 32.0 Å². The summed E-state index contributed by atoms with van der Waals surface area (Å²) in [6, 6.07) is 4.88. The van der Waals surface area contributed by atoms with Crippen molar-refractivity contribution in [1.29, 1.82) is 0 Å². The van der Waals surface area contributed by atoms with E-state index in [1.54, 1.807) is 25.1 Å². The number of ether oxygens (including phenoxy) is 2. The van der Waals surface area contributed by atoms with Gasteiger partial charge in [-0.2, -0.15) is 0 Å². The molecule has 2 N–H and O–H groups in total. The summed E-state index contributed by atoms with van der Waals surface area (Å²) < 4.78 is 10.1. The van der Waals surface area contributed by atoms with Gasteiger partial charge in [-0.25, -0.2) is 4.79 Å². The first-order valence-electron chi connectivity index (χ1n) is 5.25. The van der Waals surface area contributed by atoms with Crippen LogP contribution < -0.4 is 10.5 Å². The molecular weight excluding hydrogens is 242 g/mol. The molecule has 4 nitrogen and oxygen atoms in total. The Hall–Kier alpha value is -1.26. The number of rotatable bonds is 4. The van der Waals surface area contributed by atoms with Crippen molar-refractivity contribution in [2.45, 2.75) is 26.0 Å². The van der Waals surface area contributed by atoms with Gasteiger partial charge in [-0.1, -0.05) is 11.6 Å². The number of halogens is 1. The Bertz CT molecular complexity index is 407. The van der Waals surface area contributed by atoms with Crippen LogP contribution in [0.3, 0.4) is 0 Å². The molecule has 1 aromatic rings. The lowest BCUT2D eigenvalue weighted by molar-refractivity contribution is -0.147. The molecule has 0 heterocycles. The SMILES string of the molecule is COC(=O)C(C)Oc1ccc(Cl)cc1C(C)N. The van der Waals surface area contributed by atoms with E-state index in [1.807, 2.05) is 6.92 Å². The van der Waals surface area contributed by atoms with Crippen molar-refractivity contribution < 1.29 is 14.3 Å². The standard InChI is InChI=1S/C12H16ClNO3/c1-7(14)10-6-9(13)4-5-11(10)17-8(2)12(15)16-3/h4-8H,14H2,1-3H3. The molecule has 94 valence electrons. The third-order valence-electron chi connectivity index (χ3n) is 2.30. The van der Waals surface area contributed by atoms with Gasteiger partial charge in [0.2, 0.25) is 0 Å². The van der Waals surface area contributed by atoms with Crippen LogP contribution in [0.1, 0.15) is 25.5 Å². The highest BCUT2D eigenvalue weighted by Gasteiger charge is 2.17. The molecule has 0 aliphatic heterocycles. The summed E-state index contributed by atoms with van der Waals surface area (Å²) in [6.45, 7) is 3.44. The zero-order valence-corrected chi connectivity index (χ0v) is 10.8. The summed E-state index contributed by atoms with van der Waals surface area (Å²) >= 11 is 5.88. The molecule has 0 aliphatic rings. The van der Waals surface area contributed by atoms with Crippen molar-refractivity contribution in [2.24, 2.45) is 5.73 Å². The third kappa shape index (κ3) is 3.61. The van der Waals surface area contributed by atoms with E-state index in [-0.39, 0.29) is 6.04 Å². The molecule has 1 aromatic carbocycles. The molecule has 0 fully saturated rings. The number of nitrogens with two attached hydrogens (primary N) is 1. The second-order valence-electron chi connectivity index (χ2n) is 3.75. The Balaban J connectivity index is 2.94. The number of methoxy groups -OCH3 is 1. The highest BCUT2D eigenvalue weighted by Crippen LogP contribution is 2.28. The fourth-order valence-corrected chi connectivity index (χ4v) is 1.57. The number of carbonyl (C=O) groups is 1. The lowest BCUT2D eigenvalue weighted by Crippen LogP contribution is -2.25. The maximum Gasteiger partial charge on any atom is 0.346 e. The van der Waals surface area contributed by atoms with Crippen LogP contribution in [0, 0.1) is 0 Å². The predicted octanol–water partition coefficient (Wildman–Crippen LogP) is 2.30. The first-order chi connectivity index (χ1) is 7.95. The molecule has 2 atom stereocenters. The van der Waals surface area contributed by atoms with E-state index in [1.165, 1.54) is 7.11 Å². The highest BCUT2D eigenvalue weighted by molar-refractivity contribution is 6.30. The van der Waals surface area contributed by atoms with E-state index < -0.39 is 12.1 Å². The maximum atomic E-state index is 11.3. The molecule has 0 amide bonds. The second-order valence-corrected chi connectivity index (χ2v) is 4.19. The molecule has 0 aromatic heterocycles. The summed E-state index contributed by atoms with van der Waals surface area (Å²) in [5.41, 5.74) is 6.57. The van der Waals surface area contributed by atoms with E-state index in [2.05, 4.69) is 4.74 Å². The van der Waals surface area contributed by atoms with Gasteiger partial charge in [-0.3, -0.25) is 0 Å². The monoisotopic (exact) mass is 257 g/mol. The summed E-state index contributed by atoms with van der Waals surface area (Å²) in [7, 11) is 1.32. The lowest BCUT2D eigenvalue weighted by atomic mass is 10.1. The van der Waals surface area contributed by atoms with Crippen molar-refractivity contribution in [3.8, 4) is 5.75 Å². The Kier molecular flexibility index (Phi) is 4.78. The van der Waals surface area contributed by atoms with Crippen LogP contribution in [-0.4, -0.2) is 19.2 Å². The topological polar surface area (TPSA) is 61.5 Å². The molecule has 0 spiro atoms. The highest BCUT2D eigenvalue weighted by atomic mass is 35.5. The Morgan fingerprint density at radius 3 is 2.59 bits per heavy atom. The molecule has 0 saturated carbocycles. The summed E-state index contributed by atoms with van der Waals surface area (Å²) in [5, 5.41) is 0.579. The molecule has 0 bridgehead atoms. The normalized spacial score (nSPS) is 13.9. The van der Waals surface area contributed by atoms with Crippen LogP contribution in [0.25, 0.3) is 0 Å². The summed E-state index contributed by atoms with van der Waals surface area (Å²) in [4.78, 5) is 11.3. The zero-order chi connectivity index (χ0) is 13.0. The van der Waals surface area contributed by atoms with Gasteiger partial charge in [0.25, 0.3) is 0 Å². The van der Waals surface area contributed by atoms with Gasteiger partial charge >= 0.3 is 5.97 Å². The van der Waals surface area contributed by atoms with Gasteiger partial charge in [0, 0.05) is 16.6 Å². The van der Waals surface area contributed by atoms with E-state index >= 15 is 0 Å². The number of hydrogen-bond acceptors (Lipinski definition) is 4. The minimum Gasteiger partial charge on any atom is -0.479 e. The van der Waals surface area contributed by atoms with Crippen LogP contribution in [0.2, 0.25) is 5.02 Å². The lowest BCUT2D eigenvalue weighted by Gasteiger charge is -2.17. The number of benzene rings is 1. The Labute approximate surface area is 106 Å². The van der Waals surface area contributed by atoms with E-state index in [4.69, 9.17) is 22.1 Å². The fraction of sp³-hybridized carbons (Fsp3) is 0.417. The van der Waals surface area contributed by atoms with Crippen LogP contribution >= 0.6 is 11.6 Å². The molecule has 2 unspecified atom stereocenters. The van der Waals surface area contributed by atoms with Gasteiger partial charge in [0.05, 0.1) is 7.11 Å². The minimum atomic E-state index is -0.682. The van der Waals surface area contributed by atoms with Crippen LogP contribution in [0.4, 0.5) is 0 Å². The van der Waals surface area contributed by atoms with Gasteiger partial charge < -0.3 is 15.2 Å². The first kappa shape index (κ1) is 13.8. The molecule has 1 rings (SSSR count). The molecule has 17 heavy (non-hydrogen) atoms. The summed E-state index contributed by atoms with van der Waals surface area (Å²) in [5.74, 6) is 0.109. The average Bonchev–Trinajstić information content (AvgIpc) is 2.29. The smallest absolute Gasteiger partial charge is 0.346 e. The fourth-order valence-electron chi connectivity index (χ4n) is 1.39. The third-order valence-corrected chi connectivity index (χ3v) is 2.53. The Morgan fingerprint density at radius 1 is 1.41 bits per heavy atom. The zero-order valence-electron chi connectivity index (χ0n) is 10.1. The number of carbonyl (C=O) groups excluding carboxylic acids is 1. The van der Waals surface area contributed by atoms with Crippen molar-refractivity contribution in [3.63, 3.8) is 0 Å². The second kappa shape index (κ2) is 5.89. The maximum absolute atomic E-state index is 11.3. The van der Waals surface area contributed by atoms with Crippen LogP contribution in [-0.2, 0) is 9.53 Å². The van der Waals surface area contributed by atoms with Gasteiger partial charge in [0.15, 0.2) is 6.10 Å². The van der Waals surface area contributed by atoms with E-state index in [0.717, 1.165) is 5.56 Å². The largest absolute Gasteiger partial charge is 0.479 e. The Morgan fingerprint density at radius 2 is 2.06 bits per heavy atom. The van der Waals surface area contributed by atoms with E-state index in [0.29, 0.717) is 10.8 Å². The molecule has 0 aliphatic carbocycles. The van der Waals surface area contributed by atoms with Crippen molar-refractivity contribution >= 4 is 17.6 Å². The molecule has 0 radical (unpaired) electrons. The van der Waals surface area contributed by atoms with Crippen LogP contribution in [0.15, 0.2) is 18.2 Å². The van der Waals surface area contributed by atoms with E-state index in [9.17, 15) is 4.79 Å². The predicted molar refractivity (Wildman–Crippen MR) is 66.2 cm³/mol. The van der Waals surface area contributed by atoms with Gasteiger partial charge in [-0.15, -0.1) is 0 Å². The van der Waals surface area contributed by atoms with Gasteiger partial charge in [0.1, 0.15) is 5.75 Å². The number of esters is 1. The molecule has 5 heteroatoms. The number of hydrogen-bond donors (Lipinski definition) is 1. The van der Waals surface area contributed by atoms with Crippen molar-refractivity contribution in [1.82, 2.24) is 0 Å². The molecular formula is C12H16ClNO3. The van der Waals surface area contributed by atoms with Crippen LogP contribution in [0.5, 0.6) is 5.75 Å². The van der Waals surface area contributed by atoms with Crippen molar-refractivity contribution in [2.75, 3.05) is 7.11 Å². The quantitative estimate of drug-likeness (QED) is 0.841. The summed E-state index contributed by atoms with van der Waals surface area (Å²) in [6.07, 6.45) is -0.682. The average molecular weight is 258 g/mol. The minimum absolute atomic E-state index is 0.228. The molecule has 0 saturated heterocycles.